The van der Waals surface area contributed by atoms with Gasteiger partial charge in [-0.3, -0.25) is 9.30 Å². The van der Waals surface area contributed by atoms with Crippen molar-refractivity contribution in [1.29, 1.82) is 0 Å². The third-order valence-electron chi connectivity index (χ3n) is 3.73. The third kappa shape index (κ3) is 2.82. The van der Waals surface area contributed by atoms with E-state index in [2.05, 4.69) is 33.9 Å². The van der Waals surface area contributed by atoms with Crippen molar-refractivity contribution >= 4 is 5.78 Å². The monoisotopic (exact) mass is 275 g/mol. The van der Waals surface area contributed by atoms with Gasteiger partial charge < -0.3 is 10.0 Å². The molecule has 0 aromatic carbocycles. The molecule has 6 heteroatoms. The van der Waals surface area contributed by atoms with Gasteiger partial charge in [-0.2, -0.15) is 0 Å². The van der Waals surface area contributed by atoms with Crippen LogP contribution in [-0.4, -0.2) is 68.6 Å². The van der Waals surface area contributed by atoms with Crippen LogP contribution in [0.2, 0.25) is 0 Å². The molecule has 20 heavy (non-hydrogen) atoms. The van der Waals surface area contributed by atoms with Gasteiger partial charge in [-0.25, -0.2) is 9.97 Å². The molecule has 1 fully saturated rings. The Morgan fingerprint density at radius 2 is 2.30 bits per heavy atom. The molecule has 0 radical (unpaired) electrons. The van der Waals surface area contributed by atoms with Crippen molar-refractivity contribution in [2.75, 3.05) is 27.2 Å². The minimum atomic E-state index is -0.227. The molecule has 3 heterocycles. The van der Waals surface area contributed by atoms with Gasteiger partial charge in [0.15, 0.2) is 0 Å². The van der Waals surface area contributed by atoms with Gasteiger partial charge >= 0.3 is 0 Å². The predicted molar refractivity (Wildman–Crippen MR) is 76.4 cm³/mol. The molecule has 0 aliphatic carbocycles. The van der Waals surface area contributed by atoms with Gasteiger partial charge in [0, 0.05) is 44.3 Å². The van der Waals surface area contributed by atoms with Crippen LogP contribution in [0.15, 0.2) is 24.7 Å². The van der Waals surface area contributed by atoms with Crippen molar-refractivity contribution in [2.24, 2.45) is 0 Å². The summed E-state index contributed by atoms with van der Waals surface area (Å²) in [5.74, 6) is 0.728. The summed E-state index contributed by atoms with van der Waals surface area (Å²) in [6.45, 7) is 2.45. The molecule has 2 aromatic heterocycles. The van der Waals surface area contributed by atoms with Crippen LogP contribution in [0.25, 0.3) is 5.78 Å². The fraction of sp³-hybridized carbons (Fsp3) is 0.571. The first-order chi connectivity index (χ1) is 9.61. The van der Waals surface area contributed by atoms with Crippen molar-refractivity contribution in [1.82, 2.24) is 24.2 Å². The maximum absolute atomic E-state index is 9.90. The molecule has 1 N–H and O–H groups in total. The minimum absolute atomic E-state index is 0.227. The van der Waals surface area contributed by atoms with E-state index in [4.69, 9.17) is 0 Å². The summed E-state index contributed by atoms with van der Waals surface area (Å²) in [6, 6.07) is 2.28. The van der Waals surface area contributed by atoms with Crippen LogP contribution in [0.1, 0.15) is 12.1 Å². The maximum Gasteiger partial charge on any atom is 0.233 e. The fourth-order valence-corrected chi connectivity index (χ4v) is 2.93. The van der Waals surface area contributed by atoms with Gasteiger partial charge in [-0.1, -0.05) is 0 Å². The van der Waals surface area contributed by atoms with E-state index in [1.165, 1.54) is 0 Å². The van der Waals surface area contributed by atoms with E-state index >= 15 is 0 Å². The van der Waals surface area contributed by atoms with Crippen LogP contribution >= 0.6 is 0 Å². The van der Waals surface area contributed by atoms with Crippen molar-refractivity contribution in [3.63, 3.8) is 0 Å². The van der Waals surface area contributed by atoms with Crippen molar-refractivity contribution < 1.29 is 5.11 Å². The van der Waals surface area contributed by atoms with Crippen molar-refractivity contribution in [3.8, 4) is 0 Å². The third-order valence-corrected chi connectivity index (χ3v) is 3.73. The Labute approximate surface area is 118 Å². The number of aliphatic hydroxyl groups excluding tert-OH is 1. The van der Waals surface area contributed by atoms with E-state index in [1.54, 1.807) is 6.20 Å². The normalized spacial score (nSPS) is 24.0. The molecular weight excluding hydrogens is 254 g/mol. The van der Waals surface area contributed by atoms with Gasteiger partial charge in [0.05, 0.1) is 11.8 Å². The molecular formula is C14H21N5O. The number of fused-ring (bicyclic) bond motifs is 1. The molecule has 2 atom stereocenters. The average Bonchev–Trinajstić information content (AvgIpc) is 2.92. The SMILES string of the molecule is CN(C)CC1CC(O)CN1Cc1cn2cccnc2n1. The summed E-state index contributed by atoms with van der Waals surface area (Å²) in [7, 11) is 4.13. The molecule has 1 aliphatic heterocycles. The topological polar surface area (TPSA) is 56.9 Å². The lowest BCUT2D eigenvalue weighted by atomic mass is 10.2. The Morgan fingerprint density at radius 3 is 3.05 bits per heavy atom. The Balaban J connectivity index is 1.75. The molecule has 0 amide bonds. The Bertz CT molecular complexity index is 549. The van der Waals surface area contributed by atoms with Crippen LogP contribution in [-0.2, 0) is 6.54 Å². The number of aromatic nitrogens is 3. The highest BCUT2D eigenvalue weighted by molar-refractivity contribution is 5.29. The highest BCUT2D eigenvalue weighted by Crippen LogP contribution is 2.20. The molecule has 6 nitrogen and oxygen atoms in total. The van der Waals surface area contributed by atoms with E-state index in [0.717, 1.165) is 37.5 Å². The minimum Gasteiger partial charge on any atom is -0.392 e. The molecule has 3 rings (SSSR count). The smallest absolute Gasteiger partial charge is 0.233 e. The molecule has 0 spiro atoms. The zero-order valence-corrected chi connectivity index (χ0v) is 12.0. The van der Waals surface area contributed by atoms with Gasteiger partial charge in [-0.05, 0) is 26.6 Å². The number of likely N-dealkylation sites (tertiary alicyclic amines) is 1. The second-order valence-corrected chi connectivity index (χ2v) is 5.79. The van der Waals surface area contributed by atoms with Gasteiger partial charge in [0.2, 0.25) is 5.78 Å². The molecule has 1 saturated heterocycles. The number of likely N-dealkylation sites (N-methyl/N-ethyl adjacent to an activating group) is 1. The number of nitrogens with zero attached hydrogens (tertiary/aromatic N) is 5. The number of aliphatic hydroxyl groups is 1. The predicted octanol–water partition coefficient (Wildman–Crippen LogP) is 0.226. The maximum atomic E-state index is 9.90. The summed E-state index contributed by atoms with van der Waals surface area (Å²) in [4.78, 5) is 13.2. The zero-order valence-electron chi connectivity index (χ0n) is 12.0. The molecule has 1 aliphatic rings. The lowest BCUT2D eigenvalue weighted by Gasteiger charge is -2.25. The standard InChI is InChI=1S/C14H21N5O/c1-17(2)9-12-6-13(20)10-19(12)8-11-7-18-5-3-4-15-14(18)16-11/h3-5,7,12-13,20H,6,8-10H2,1-2H3. The van der Waals surface area contributed by atoms with Gasteiger partial charge in [0.1, 0.15) is 0 Å². The van der Waals surface area contributed by atoms with E-state index in [9.17, 15) is 5.11 Å². The van der Waals surface area contributed by atoms with Gasteiger partial charge in [-0.15, -0.1) is 0 Å². The number of hydrogen-bond acceptors (Lipinski definition) is 5. The van der Waals surface area contributed by atoms with Crippen molar-refractivity contribution in [3.05, 3.63) is 30.4 Å². The second-order valence-electron chi connectivity index (χ2n) is 5.79. The Morgan fingerprint density at radius 1 is 1.45 bits per heavy atom. The summed E-state index contributed by atoms with van der Waals surface area (Å²) < 4.78 is 1.93. The molecule has 0 saturated carbocycles. The first-order valence-electron chi connectivity index (χ1n) is 6.97. The number of β-amino-alcohol motifs (C(OH)–C–C–N with tert-alkyl or cyclic N) is 1. The summed E-state index contributed by atoms with van der Waals surface area (Å²) in [5, 5.41) is 9.90. The average molecular weight is 275 g/mol. The molecule has 0 bridgehead atoms. The number of rotatable bonds is 4. The Kier molecular flexibility index (Phi) is 3.69. The van der Waals surface area contributed by atoms with Crippen LogP contribution in [0.5, 0.6) is 0 Å². The quantitative estimate of drug-likeness (QED) is 0.865. The highest BCUT2D eigenvalue weighted by Gasteiger charge is 2.31. The van der Waals surface area contributed by atoms with E-state index < -0.39 is 0 Å². The lowest BCUT2D eigenvalue weighted by molar-refractivity contribution is 0.168. The Hall–Kier alpha value is -1.50. The van der Waals surface area contributed by atoms with Crippen LogP contribution in [0.4, 0.5) is 0 Å². The first kappa shape index (κ1) is 13.5. The molecule has 2 unspecified atom stereocenters. The molecule has 2 aromatic rings. The van der Waals surface area contributed by atoms with Gasteiger partial charge in [0.25, 0.3) is 0 Å². The zero-order chi connectivity index (χ0) is 14.1. The molecule has 108 valence electrons. The van der Waals surface area contributed by atoms with Crippen LogP contribution in [0, 0.1) is 0 Å². The van der Waals surface area contributed by atoms with Crippen LogP contribution < -0.4 is 0 Å². The van der Waals surface area contributed by atoms with Crippen LogP contribution in [0.3, 0.4) is 0 Å². The fourth-order valence-electron chi connectivity index (χ4n) is 2.93. The van der Waals surface area contributed by atoms with E-state index in [0.29, 0.717) is 6.04 Å². The van der Waals surface area contributed by atoms with E-state index in [1.807, 2.05) is 22.9 Å². The number of imidazole rings is 1. The largest absolute Gasteiger partial charge is 0.392 e. The summed E-state index contributed by atoms with van der Waals surface area (Å²) >= 11 is 0. The van der Waals surface area contributed by atoms with E-state index in [-0.39, 0.29) is 6.10 Å². The second kappa shape index (κ2) is 5.47. The first-order valence-corrected chi connectivity index (χ1v) is 6.97. The lowest BCUT2D eigenvalue weighted by Crippen LogP contribution is -2.37. The van der Waals surface area contributed by atoms with Crippen molar-refractivity contribution in [2.45, 2.75) is 25.1 Å². The highest BCUT2D eigenvalue weighted by atomic mass is 16.3. The summed E-state index contributed by atoms with van der Waals surface area (Å²) in [5.41, 5.74) is 1.00. The summed E-state index contributed by atoms with van der Waals surface area (Å²) in [6.07, 6.45) is 6.33. The number of hydrogen-bond donors (Lipinski definition) is 1.